The number of carbonyl (C=O) groups excluding carboxylic acids is 1. The van der Waals surface area contributed by atoms with E-state index in [4.69, 9.17) is 0 Å². The van der Waals surface area contributed by atoms with E-state index < -0.39 is 0 Å². The molecule has 0 fully saturated rings. The van der Waals surface area contributed by atoms with E-state index in [1.807, 2.05) is 13.8 Å². The van der Waals surface area contributed by atoms with Crippen LogP contribution >= 0.6 is 27.3 Å². The molecule has 1 rings (SSSR count). The van der Waals surface area contributed by atoms with Crippen molar-refractivity contribution in [1.29, 1.82) is 0 Å². The van der Waals surface area contributed by atoms with E-state index in [0.29, 0.717) is 5.13 Å². The van der Waals surface area contributed by atoms with Gasteiger partial charge in [0.05, 0.1) is 4.83 Å². The van der Waals surface area contributed by atoms with Crippen LogP contribution in [0.4, 0.5) is 5.13 Å². The topological polar surface area (TPSA) is 54.9 Å². The maximum absolute atomic E-state index is 11.3. The Morgan fingerprint density at radius 1 is 1.69 bits per heavy atom. The lowest BCUT2D eigenvalue weighted by atomic mass is 10.3. The van der Waals surface area contributed by atoms with Crippen LogP contribution in [0.15, 0.2) is 0 Å². The molecule has 0 aliphatic rings. The zero-order valence-electron chi connectivity index (χ0n) is 7.37. The summed E-state index contributed by atoms with van der Waals surface area (Å²) >= 11 is 4.62. The molecule has 4 nitrogen and oxygen atoms in total. The normalized spacial score (nSPS) is 12.5. The van der Waals surface area contributed by atoms with E-state index >= 15 is 0 Å². The van der Waals surface area contributed by atoms with Gasteiger partial charge in [-0.25, -0.2) is 0 Å². The molecule has 1 aromatic rings. The summed E-state index contributed by atoms with van der Waals surface area (Å²) in [6.07, 6.45) is 0.754. The lowest BCUT2D eigenvalue weighted by Crippen LogP contribution is -2.21. The van der Waals surface area contributed by atoms with Gasteiger partial charge in [-0.15, -0.1) is 10.2 Å². The van der Waals surface area contributed by atoms with Crippen molar-refractivity contribution in [3.8, 4) is 0 Å². The maximum atomic E-state index is 11.3. The number of rotatable bonds is 3. The Labute approximate surface area is 88.9 Å². The highest BCUT2D eigenvalue weighted by atomic mass is 79.9. The monoisotopic (exact) mass is 263 g/mol. The van der Waals surface area contributed by atoms with E-state index in [0.717, 1.165) is 11.4 Å². The lowest BCUT2D eigenvalue weighted by Gasteiger charge is -2.04. The number of aromatic nitrogens is 2. The van der Waals surface area contributed by atoms with Crippen molar-refractivity contribution in [3.05, 3.63) is 5.01 Å². The highest BCUT2D eigenvalue weighted by Gasteiger charge is 2.13. The number of alkyl halides is 1. The number of nitrogens with one attached hydrogen (secondary N) is 1. The molecule has 13 heavy (non-hydrogen) atoms. The molecular formula is C7H10BrN3OS. The molecule has 0 saturated heterocycles. The molecule has 0 spiro atoms. The summed E-state index contributed by atoms with van der Waals surface area (Å²) < 4.78 is 0. The summed E-state index contributed by atoms with van der Waals surface area (Å²) in [4.78, 5) is 11.2. The van der Waals surface area contributed by atoms with Gasteiger partial charge in [-0.1, -0.05) is 34.2 Å². The third-order valence-corrected chi connectivity index (χ3v) is 3.22. The van der Waals surface area contributed by atoms with Gasteiger partial charge in [-0.2, -0.15) is 0 Å². The van der Waals surface area contributed by atoms with Crippen molar-refractivity contribution in [3.63, 3.8) is 0 Å². The first-order valence-corrected chi connectivity index (χ1v) is 5.61. The van der Waals surface area contributed by atoms with Crippen molar-refractivity contribution in [2.75, 3.05) is 5.32 Å². The van der Waals surface area contributed by atoms with Crippen LogP contribution in [0.3, 0.4) is 0 Å². The Morgan fingerprint density at radius 2 is 2.38 bits per heavy atom. The van der Waals surface area contributed by atoms with Crippen LogP contribution < -0.4 is 5.32 Å². The number of amides is 1. The van der Waals surface area contributed by atoms with Crippen molar-refractivity contribution < 1.29 is 4.79 Å². The Bertz CT molecular complexity index is 302. The smallest absolute Gasteiger partial charge is 0.239 e. The molecular weight excluding hydrogens is 254 g/mol. The lowest BCUT2D eigenvalue weighted by molar-refractivity contribution is -0.115. The van der Waals surface area contributed by atoms with Crippen molar-refractivity contribution in [1.82, 2.24) is 10.2 Å². The van der Waals surface area contributed by atoms with E-state index in [9.17, 15) is 4.79 Å². The van der Waals surface area contributed by atoms with Crippen LogP contribution in [0.5, 0.6) is 0 Å². The minimum absolute atomic E-state index is 0.0707. The van der Waals surface area contributed by atoms with Crippen LogP contribution in [0.25, 0.3) is 0 Å². The van der Waals surface area contributed by atoms with Gasteiger partial charge in [0.1, 0.15) is 5.01 Å². The van der Waals surface area contributed by atoms with E-state index in [-0.39, 0.29) is 10.7 Å². The highest BCUT2D eigenvalue weighted by molar-refractivity contribution is 9.10. The van der Waals surface area contributed by atoms with Gasteiger partial charge in [0.2, 0.25) is 11.0 Å². The van der Waals surface area contributed by atoms with E-state index in [1.54, 1.807) is 0 Å². The Kier molecular flexibility index (Phi) is 3.80. The number of carbonyl (C=O) groups is 1. The predicted molar refractivity (Wildman–Crippen MR) is 56.3 cm³/mol. The molecule has 0 aliphatic heterocycles. The third kappa shape index (κ3) is 3.04. The molecule has 1 aromatic heterocycles. The Hall–Kier alpha value is -0.490. The summed E-state index contributed by atoms with van der Waals surface area (Å²) in [7, 11) is 0. The molecule has 1 heterocycles. The number of nitrogens with zero attached hydrogens (tertiary/aromatic N) is 2. The van der Waals surface area contributed by atoms with Gasteiger partial charge in [-0.3, -0.25) is 10.1 Å². The van der Waals surface area contributed by atoms with Gasteiger partial charge < -0.3 is 0 Å². The van der Waals surface area contributed by atoms with Crippen LogP contribution in [-0.2, 0) is 4.79 Å². The summed E-state index contributed by atoms with van der Waals surface area (Å²) in [6.45, 7) is 3.78. The summed E-state index contributed by atoms with van der Waals surface area (Å²) in [5.74, 6) is -0.0707. The average Bonchev–Trinajstić information content (AvgIpc) is 2.49. The Balaban J connectivity index is 2.54. The first-order chi connectivity index (χ1) is 6.13. The molecule has 0 unspecified atom stereocenters. The van der Waals surface area contributed by atoms with Gasteiger partial charge in [-0.05, 0) is 13.3 Å². The van der Waals surface area contributed by atoms with Gasteiger partial charge in [0.15, 0.2) is 0 Å². The second kappa shape index (κ2) is 4.66. The molecule has 0 aromatic carbocycles. The number of hydrogen-bond donors (Lipinski definition) is 1. The molecule has 1 N–H and O–H groups in total. The fraction of sp³-hybridized carbons (Fsp3) is 0.571. The quantitative estimate of drug-likeness (QED) is 0.849. The third-order valence-electron chi connectivity index (χ3n) is 1.40. The van der Waals surface area contributed by atoms with Gasteiger partial charge >= 0.3 is 0 Å². The number of halogens is 1. The molecule has 1 amide bonds. The molecule has 0 saturated carbocycles. The second-order valence-corrected chi connectivity index (χ2v) is 4.78. The van der Waals surface area contributed by atoms with E-state index in [1.165, 1.54) is 11.3 Å². The fourth-order valence-corrected chi connectivity index (χ4v) is 1.43. The average molecular weight is 264 g/mol. The molecule has 0 aliphatic carbocycles. The van der Waals surface area contributed by atoms with Crippen molar-refractivity contribution in [2.45, 2.75) is 25.1 Å². The van der Waals surface area contributed by atoms with Crippen molar-refractivity contribution in [2.24, 2.45) is 0 Å². The number of hydrogen-bond acceptors (Lipinski definition) is 4. The largest absolute Gasteiger partial charge is 0.300 e. The summed E-state index contributed by atoms with van der Waals surface area (Å²) in [6, 6.07) is 0. The minimum Gasteiger partial charge on any atom is -0.300 e. The molecule has 6 heteroatoms. The zero-order chi connectivity index (χ0) is 9.84. The molecule has 72 valence electrons. The molecule has 0 bridgehead atoms. The highest BCUT2D eigenvalue weighted by Crippen LogP contribution is 2.15. The van der Waals surface area contributed by atoms with Gasteiger partial charge in [0.25, 0.3) is 0 Å². The van der Waals surface area contributed by atoms with Gasteiger partial charge in [0, 0.05) is 0 Å². The molecule has 1 atom stereocenters. The summed E-state index contributed by atoms with van der Waals surface area (Å²) in [5, 5.41) is 11.7. The van der Waals surface area contributed by atoms with E-state index in [2.05, 4.69) is 31.4 Å². The zero-order valence-corrected chi connectivity index (χ0v) is 9.78. The van der Waals surface area contributed by atoms with Crippen LogP contribution in [0.1, 0.15) is 18.4 Å². The van der Waals surface area contributed by atoms with Crippen LogP contribution in [0, 0.1) is 6.92 Å². The molecule has 0 radical (unpaired) electrons. The first kappa shape index (κ1) is 10.6. The fourth-order valence-electron chi connectivity index (χ4n) is 0.716. The summed E-state index contributed by atoms with van der Waals surface area (Å²) in [5.41, 5.74) is 0. The standard InChI is InChI=1S/C7H10BrN3OS/c1-3-5(8)6(12)9-7-11-10-4(2)13-7/h5H,3H2,1-2H3,(H,9,11,12)/t5-/m1/s1. The number of aryl methyl sites for hydroxylation is 1. The first-order valence-electron chi connectivity index (χ1n) is 3.88. The number of anilines is 1. The predicted octanol–water partition coefficient (Wildman–Crippen LogP) is 1.96. The second-order valence-electron chi connectivity index (χ2n) is 2.49. The Morgan fingerprint density at radius 3 is 2.85 bits per heavy atom. The van der Waals surface area contributed by atoms with Crippen molar-refractivity contribution >= 4 is 38.3 Å². The van der Waals surface area contributed by atoms with Crippen LogP contribution in [-0.4, -0.2) is 20.9 Å². The minimum atomic E-state index is -0.156. The SMILES string of the molecule is CC[C@@H](Br)C(=O)Nc1nnc(C)s1. The maximum Gasteiger partial charge on any atom is 0.239 e. The van der Waals surface area contributed by atoms with Crippen LogP contribution in [0.2, 0.25) is 0 Å².